The van der Waals surface area contributed by atoms with Crippen LogP contribution >= 0.6 is 0 Å². The number of nitrogens with one attached hydrogen (secondary N) is 2. The summed E-state index contributed by atoms with van der Waals surface area (Å²) in [7, 11) is 1.50. The van der Waals surface area contributed by atoms with Gasteiger partial charge in [0.1, 0.15) is 5.60 Å². The molecule has 1 aliphatic rings. The maximum atomic E-state index is 12.6. The van der Waals surface area contributed by atoms with E-state index in [1.807, 2.05) is 0 Å². The van der Waals surface area contributed by atoms with E-state index < -0.39 is 17.7 Å². The van der Waals surface area contributed by atoms with Gasteiger partial charge in [0.05, 0.1) is 0 Å². The van der Waals surface area contributed by atoms with Gasteiger partial charge in [-0.05, 0) is 50.2 Å². The fraction of sp³-hybridized carbons (Fsp3) is 0.438. The normalized spacial score (nSPS) is 17.1. The summed E-state index contributed by atoms with van der Waals surface area (Å²) in [6.45, 7) is 1.36. The number of hydrogen-bond donors (Lipinski definition) is 2. The molecule has 0 saturated carbocycles. The lowest BCUT2D eigenvalue weighted by atomic mass is 9.91. The highest BCUT2D eigenvalue weighted by atomic mass is 19.4. The fourth-order valence-corrected chi connectivity index (χ4v) is 2.76. The van der Waals surface area contributed by atoms with Crippen molar-refractivity contribution in [1.82, 2.24) is 15.5 Å². The van der Waals surface area contributed by atoms with Gasteiger partial charge in [0.2, 0.25) is 5.82 Å². The Balaban J connectivity index is 1.71. The van der Waals surface area contributed by atoms with E-state index in [2.05, 4.69) is 25.3 Å². The van der Waals surface area contributed by atoms with E-state index in [4.69, 9.17) is 4.74 Å². The first-order valence-corrected chi connectivity index (χ1v) is 7.93. The van der Waals surface area contributed by atoms with Gasteiger partial charge in [-0.2, -0.15) is 18.2 Å². The molecule has 0 aliphatic carbocycles. The Hall–Kier alpha value is -2.46. The number of carbonyl (C=O) groups is 1. The van der Waals surface area contributed by atoms with Crippen LogP contribution in [0.25, 0.3) is 11.4 Å². The number of piperidine rings is 1. The van der Waals surface area contributed by atoms with Crippen LogP contribution in [-0.2, 0) is 15.7 Å². The van der Waals surface area contributed by atoms with Gasteiger partial charge in [-0.3, -0.25) is 4.79 Å². The van der Waals surface area contributed by atoms with Gasteiger partial charge in [-0.25, -0.2) is 0 Å². The smallest absolute Gasteiger partial charge is 0.368 e. The molecule has 1 fully saturated rings. The van der Waals surface area contributed by atoms with Gasteiger partial charge < -0.3 is 19.9 Å². The highest BCUT2D eigenvalue weighted by Crippen LogP contribution is 2.30. The maximum absolute atomic E-state index is 12.6. The van der Waals surface area contributed by atoms with Crippen molar-refractivity contribution in [2.24, 2.45) is 0 Å². The van der Waals surface area contributed by atoms with Crippen molar-refractivity contribution in [1.29, 1.82) is 0 Å². The molecular formula is C16H17F3N4O3. The van der Waals surface area contributed by atoms with E-state index in [1.165, 1.54) is 19.2 Å². The van der Waals surface area contributed by atoms with Crippen LogP contribution in [0.1, 0.15) is 18.7 Å². The van der Waals surface area contributed by atoms with E-state index in [0.29, 0.717) is 37.2 Å². The Morgan fingerprint density at radius 1 is 1.27 bits per heavy atom. The lowest BCUT2D eigenvalue weighted by Gasteiger charge is -2.34. The van der Waals surface area contributed by atoms with Crippen LogP contribution in [0.2, 0.25) is 0 Å². The van der Waals surface area contributed by atoms with Crippen LogP contribution in [0.15, 0.2) is 28.8 Å². The van der Waals surface area contributed by atoms with Crippen molar-refractivity contribution in [3.63, 3.8) is 0 Å². The highest BCUT2D eigenvalue weighted by molar-refractivity contribution is 5.97. The molecule has 1 aromatic carbocycles. The third-order valence-corrected chi connectivity index (χ3v) is 4.29. The number of nitrogens with zero attached hydrogens (tertiary/aromatic N) is 2. The van der Waals surface area contributed by atoms with Gasteiger partial charge in [0.25, 0.3) is 5.91 Å². The average Bonchev–Trinajstić information content (AvgIpc) is 3.13. The first-order valence-electron chi connectivity index (χ1n) is 7.93. The lowest BCUT2D eigenvalue weighted by molar-refractivity contribution is -0.159. The maximum Gasteiger partial charge on any atom is 0.471 e. The number of benzene rings is 1. The summed E-state index contributed by atoms with van der Waals surface area (Å²) in [6, 6.07) is 6.12. The van der Waals surface area contributed by atoms with Crippen molar-refractivity contribution in [2.45, 2.75) is 24.6 Å². The molecule has 7 nitrogen and oxygen atoms in total. The molecule has 1 aromatic heterocycles. The summed E-state index contributed by atoms with van der Waals surface area (Å²) >= 11 is 0. The summed E-state index contributed by atoms with van der Waals surface area (Å²) in [4.78, 5) is 15.9. The third kappa shape index (κ3) is 3.70. The summed E-state index contributed by atoms with van der Waals surface area (Å²) in [5.41, 5.74) is -0.0574. The number of methoxy groups -OCH3 is 1. The molecule has 2 N–H and O–H groups in total. The molecule has 2 heterocycles. The zero-order valence-electron chi connectivity index (χ0n) is 13.9. The summed E-state index contributed by atoms with van der Waals surface area (Å²) in [5, 5.41) is 9.26. The minimum atomic E-state index is -4.69. The quantitative estimate of drug-likeness (QED) is 0.860. The monoisotopic (exact) mass is 370 g/mol. The van der Waals surface area contributed by atoms with Gasteiger partial charge in [0, 0.05) is 18.4 Å². The molecule has 0 unspecified atom stereocenters. The Kier molecular flexibility index (Phi) is 4.97. The van der Waals surface area contributed by atoms with Gasteiger partial charge in [-0.1, -0.05) is 5.16 Å². The second kappa shape index (κ2) is 7.04. The molecule has 2 aromatic rings. The van der Waals surface area contributed by atoms with Crippen LogP contribution in [-0.4, -0.2) is 41.8 Å². The Labute approximate surface area is 146 Å². The van der Waals surface area contributed by atoms with Crippen LogP contribution in [0, 0.1) is 0 Å². The molecule has 0 radical (unpaired) electrons. The van der Waals surface area contributed by atoms with E-state index >= 15 is 0 Å². The highest BCUT2D eigenvalue weighted by Gasteiger charge is 2.40. The molecule has 0 atom stereocenters. The molecule has 3 rings (SSSR count). The number of aromatic nitrogens is 2. The van der Waals surface area contributed by atoms with E-state index in [9.17, 15) is 18.0 Å². The largest absolute Gasteiger partial charge is 0.471 e. The van der Waals surface area contributed by atoms with E-state index in [-0.39, 0.29) is 11.7 Å². The number of anilines is 1. The minimum absolute atomic E-state index is 0.179. The number of hydrogen-bond acceptors (Lipinski definition) is 6. The van der Waals surface area contributed by atoms with Gasteiger partial charge in [0.15, 0.2) is 0 Å². The van der Waals surface area contributed by atoms with E-state index in [0.717, 1.165) is 0 Å². The topological polar surface area (TPSA) is 89.3 Å². The number of alkyl halides is 3. The first kappa shape index (κ1) is 18.3. The third-order valence-electron chi connectivity index (χ3n) is 4.29. The predicted molar refractivity (Wildman–Crippen MR) is 85.2 cm³/mol. The molecule has 0 bridgehead atoms. The van der Waals surface area contributed by atoms with Crippen LogP contribution < -0.4 is 10.6 Å². The van der Waals surface area contributed by atoms with Crippen LogP contribution in [0.4, 0.5) is 18.9 Å². The Morgan fingerprint density at radius 2 is 1.92 bits per heavy atom. The zero-order chi connectivity index (χ0) is 18.8. The average molecular weight is 370 g/mol. The molecular weight excluding hydrogens is 353 g/mol. The SMILES string of the molecule is COC1(C(=O)Nc2ccc(-c3noc(C(F)(F)F)n3)cc2)CCNCC1. The predicted octanol–water partition coefficient (Wildman–Crippen LogP) is 2.46. The number of ether oxygens (including phenoxy) is 1. The van der Waals surface area contributed by atoms with E-state index in [1.54, 1.807) is 12.1 Å². The van der Waals surface area contributed by atoms with Crippen LogP contribution in [0.5, 0.6) is 0 Å². The van der Waals surface area contributed by atoms with Crippen molar-refractivity contribution < 1.29 is 27.2 Å². The summed E-state index contributed by atoms with van der Waals surface area (Å²) < 4.78 is 47.2. The molecule has 1 aliphatic heterocycles. The molecule has 0 spiro atoms. The second-order valence-corrected chi connectivity index (χ2v) is 5.90. The van der Waals surface area contributed by atoms with Crippen LogP contribution in [0.3, 0.4) is 0 Å². The standard InChI is InChI=1S/C16H17F3N4O3/c1-25-15(6-8-20-9-7-15)13(24)21-11-4-2-10(3-5-11)12-22-14(26-23-12)16(17,18)19/h2-5,20H,6-9H2,1H3,(H,21,24). The summed E-state index contributed by atoms with van der Waals surface area (Å²) in [6.07, 6.45) is -3.59. The number of rotatable bonds is 4. The number of carbonyl (C=O) groups excluding carboxylic acids is 1. The zero-order valence-corrected chi connectivity index (χ0v) is 13.9. The Morgan fingerprint density at radius 3 is 2.46 bits per heavy atom. The van der Waals surface area contributed by atoms with Gasteiger partial charge in [-0.15, -0.1) is 0 Å². The first-order chi connectivity index (χ1) is 12.3. The molecule has 1 amide bonds. The Bertz CT molecular complexity index is 768. The second-order valence-electron chi connectivity index (χ2n) is 5.90. The van der Waals surface area contributed by atoms with Crippen molar-refractivity contribution in [3.05, 3.63) is 30.2 Å². The lowest BCUT2D eigenvalue weighted by Crippen LogP contribution is -2.51. The fourth-order valence-electron chi connectivity index (χ4n) is 2.76. The summed E-state index contributed by atoms with van der Waals surface area (Å²) in [5.74, 6) is -1.84. The molecule has 10 heteroatoms. The van der Waals surface area contributed by atoms with Crippen molar-refractivity contribution in [3.8, 4) is 11.4 Å². The minimum Gasteiger partial charge on any atom is -0.368 e. The van der Waals surface area contributed by atoms with Crippen molar-refractivity contribution in [2.75, 3.05) is 25.5 Å². The molecule has 1 saturated heterocycles. The molecule has 140 valence electrons. The van der Waals surface area contributed by atoms with Gasteiger partial charge >= 0.3 is 12.1 Å². The number of halogens is 3. The number of amides is 1. The van der Waals surface area contributed by atoms with Crippen molar-refractivity contribution >= 4 is 11.6 Å². The molecule has 26 heavy (non-hydrogen) atoms.